The summed E-state index contributed by atoms with van der Waals surface area (Å²) < 4.78 is 11.0. The first kappa shape index (κ1) is 21.3. The van der Waals surface area contributed by atoms with Crippen molar-refractivity contribution in [1.29, 1.82) is 0 Å². The Morgan fingerprint density at radius 1 is 1.31 bits per heavy atom. The van der Waals surface area contributed by atoms with E-state index in [1.54, 1.807) is 31.5 Å². The Labute approximate surface area is 185 Å². The van der Waals surface area contributed by atoms with E-state index in [0.29, 0.717) is 11.4 Å². The molecule has 0 bridgehead atoms. The molecule has 4 rings (SSSR count). The molecule has 0 atom stereocenters. The molecular weight excluding hydrogens is 408 g/mol. The number of allylic oxidation sites excluding steroid dienone is 1. The van der Waals surface area contributed by atoms with Gasteiger partial charge in [-0.2, -0.15) is 0 Å². The Balaban J connectivity index is 1.74. The van der Waals surface area contributed by atoms with Crippen LogP contribution in [-0.2, 0) is 11.3 Å². The van der Waals surface area contributed by atoms with Crippen LogP contribution in [0.1, 0.15) is 39.7 Å². The van der Waals surface area contributed by atoms with E-state index in [4.69, 9.17) is 9.15 Å². The number of nitrogens with zero attached hydrogens (tertiary/aromatic N) is 2. The van der Waals surface area contributed by atoms with Crippen molar-refractivity contribution in [3.8, 4) is 5.75 Å². The summed E-state index contributed by atoms with van der Waals surface area (Å²) in [5.41, 5.74) is 4.31. The number of carbonyl (C=O) groups is 1. The third kappa shape index (κ3) is 4.13. The number of aromatic nitrogens is 1. The van der Waals surface area contributed by atoms with E-state index in [1.807, 2.05) is 38.2 Å². The van der Waals surface area contributed by atoms with Crippen molar-refractivity contribution < 1.29 is 19.1 Å². The lowest BCUT2D eigenvalue weighted by molar-refractivity contribution is 0.0524. The normalized spacial score (nSPS) is 13.4. The maximum absolute atomic E-state index is 12.6. The molecular formula is C24H24N4O4. The van der Waals surface area contributed by atoms with Crippen molar-refractivity contribution >= 4 is 41.2 Å². The van der Waals surface area contributed by atoms with Crippen LogP contribution in [0.2, 0.25) is 0 Å². The molecule has 3 heterocycles. The zero-order chi connectivity index (χ0) is 22.7. The van der Waals surface area contributed by atoms with Gasteiger partial charge in [0.15, 0.2) is 22.9 Å². The second-order valence-corrected chi connectivity index (χ2v) is 7.28. The molecule has 1 aliphatic rings. The van der Waals surface area contributed by atoms with Crippen LogP contribution in [-0.4, -0.2) is 35.9 Å². The summed E-state index contributed by atoms with van der Waals surface area (Å²) in [5, 5.41) is 17.1. The second-order valence-electron chi connectivity index (χ2n) is 7.28. The SMILES string of the molecule is CCOC(=O)c1c(Nc2ccc(CNC)cc2C)oc(C=C2C=Nc3ncccc32)c1O. The molecule has 0 unspecified atom stereocenters. The number of aromatic hydroxyl groups is 1. The molecule has 3 aromatic rings. The maximum atomic E-state index is 12.6. The molecule has 1 aromatic carbocycles. The number of carbonyl (C=O) groups excluding carboxylic acids is 1. The fraction of sp³-hybridized carbons (Fsp3) is 0.208. The Kier molecular flexibility index (Phi) is 6.04. The Hall–Kier alpha value is -3.91. The third-order valence-corrected chi connectivity index (χ3v) is 5.02. The molecule has 2 aromatic heterocycles. The molecule has 8 heteroatoms. The predicted octanol–water partition coefficient (Wildman–Crippen LogP) is 4.58. The van der Waals surface area contributed by atoms with E-state index < -0.39 is 5.97 Å². The van der Waals surface area contributed by atoms with Crippen molar-refractivity contribution in [3.05, 3.63) is 64.5 Å². The largest absolute Gasteiger partial charge is 0.504 e. The Morgan fingerprint density at radius 2 is 2.16 bits per heavy atom. The Morgan fingerprint density at radius 3 is 2.91 bits per heavy atom. The van der Waals surface area contributed by atoms with Crippen LogP contribution in [0.15, 0.2) is 45.9 Å². The molecule has 164 valence electrons. The van der Waals surface area contributed by atoms with E-state index in [0.717, 1.165) is 28.9 Å². The smallest absolute Gasteiger partial charge is 0.347 e. The van der Waals surface area contributed by atoms with Crippen LogP contribution in [0.25, 0.3) is 11.6 Å². The first-order valence-electron chi connectivity index (χ1n) is 10.3. The number of hydrogen-bond donors (Lipinski definition) is 3. The van der Waals surface area contributed by atoms with Crippen LogP contribution in [0.4, 0.5) is 17.4 Å². The molecule has 3 N–H and O–H groups in total. The number of rotatable bonds is 7. The van der Waals surface area contributed by atoms with Crippen LogP contribution in [0.5, 0.6) is 5.75 Å². The van der Waals surface area contributed by atoms with Crippen LogP contribution < -0.4 is 10.6 Å². The fourth-order valence-corrected chi connectivity index (χ4v) is 3.50. The summed E-state index contributed by atoms with van der Waals surface area (Å²) in [4.78, 5) is 21.1. The topological polar surface area (TPSA) is 109 Å². The highest BCUT2D eigenvalue weighted by atomic mass is 16.5. The zero-order valence-electron chi connectivity index (χ0n) is 18.1. The Bertz CT molecular complexity index is 1230. The van der Waals surface area contributed by atoms with Crippen molar-refractivity contribution in [2.45, 2.75) is 20.4 Å². The van der Waals surface area contributed by atoms with Gasteiger partial charge in [0.05, 0.1) is 6.61 Å². The van der Waals surface area contributed by atoms with E-state index >= 15 is 0 Å². The highest BCUT2D eigenvalue weighted by Gasteiger charge is 2.27. The van der Waals surface area contributed by atoms with Gasteiger partial charge >= 0.3 is 5.97 Å². The lowest BCUT2D eigenvalue weighted by Crippen LogP contribution is -2.07. The van der Waals surface area contributed by atoms with Crippen LogP contribution in [0, 0.1) is 6.92 Å². The van der Waals surface area contributed by atoms with E-state index in [-0.39, 0.29) is 29.6 Å². The van der Waals surface area contributed by atoms with Crippen molar-refractivity contribution in [1.82, 2.24) is 10.3 Å². The molecule has 0 aliphatic carbocycles. The predicted molar refractivity (Wildman–Crippen MR) is 124 cm³/mol. The molecule has 1 aliphatic heterocycles. The number of benzene rings is 1. The summed E-state index contributed by atoms with van der Waals surface area (Å²) in [7, 11) is 1.89. The molecule has 0 saturated heterocycles. The highest BCUT2D eigenvalue weighted by Crippen LogP contribution is 2.39. The first-order valence-corrected chi connectivity index (χ1v) is 10.3. The molecule has 8 nitrogen and oxygen atoms in total. The number of pyridine rings is 1. The zero-order valence-corrected chi connectivity index (χ0v) is 18.1. The minimum absolute atomic E-state index is 0.0567. The fourth-order valence-electron chi connectivity index (χ4n) is 3.50. The van der Waals surface area contributed by atoms with E-state index in [1.165, 1.54) is 0 Å². The average molecular weight is 432 g/mol. The number of aryl methyl sites for hydroxylation is 1. The van der Waals surface area contributed by atoms with Gasteiger partial charge in [-0.3, -0.25) is 0 Å². The lowest BCUT2D eigenvalue weighted by Gasteiger charge is -2.10. The monoisotopic (exact) mass is 432 g/mol. The molecule has 0 radical (unpaired) electrons. The number of ether oxygens (including phenoxy) is 1. The van der Waals surface area contributed by atoms with Gasteiger partial charge in [-0.05, 0) is 56.3 Å². The number of esters is 1. The van der Waals surface area contributed by atoms with Crippen molar-refractivity contribution in [2.24, 2.45) is 4.99 Å². The van der Waals surface area contributed by atoms with Gasteiger partial charge < -0.3 is 24.9 Å². The summed E-state index contributed by atoms with van der Waals surface area (Å²) in [5.74, 6) is -0.149. The summed E-state index contributed by atoms with van der Waals surface area (Å²) >= 11 is 0. The van der Waals surface area contributed by atoms with E-state index in [9.17, 15) is 9.90 Å². The lowest BCUT2D eigenvalue weighted by atomic mass is 10.1. The maximum Gasteiger partial charge on any atom is 0.347 e. The summed E-state index contributed by atoms with van der Waals surface area (Å²) in [6.07, 6.45) is 4.93. The standard InChI is InChI=1S/C24H24N4O4/c1-4-31-24(30)20-21(29)19(11-16-13-27-22-17(16)6-5-9-26-22)32-23(20)28-18-8-7-15(12-25-3)10-14(18)2/h5-11,13,25,28-29H,4,12H2,1-3H3. The van der Waals surface area contributed by atoms with Gasteiger partial charge in [-0.15, -0.1) is 0 Å². The number of aliphatic imine (C=N–C) groups is 1. The first-order chi connectivity index (χ1) is 15.5. The third-order valence-electron chi connectivity index (χ3n) is 5.02. The quantitative estimate of drug-likeness (QED) is 0.469. The minimum atomic E-state index is -0.674. The summed E-state index contributed by atoms with van der Waals surface area (Å²) in [6.45, 7) is 4.57. The molecule has 32 heavy (non-hydrogen) atoms. The molecule has 0 saturated carbocycles. The highest BCUT2D eigenvalue weighted by molar-refractivity contribution is 6.21. The van der Waals surface area contributed by atoms with Gasteiger partial charge in [0.25, 0.3) is 0 Å². The number of furan rings is 1. The van der Waals surface area contributed by atoms with Gasteiger partial charge in [-0.25, -0.2) is 14.8 Å². The van der Waals surface area contributed by atoms with Gasteiger partial charge in [0.1, 0.15) is 0 Å². The van der Waals surface area contributed by atoms with Gasteiger partial charge in [0.2, 0.25) is 5.88 Å². The van der Waals surface area contributed by atoms with E-state index in [2.05, 4.69) is 20.6 Å². The summed E-state index contributed by atoms with van der Waals surface area (Å²) in [6, 6.07) is 9.59. The number of hydrogen-bond acceptors (Lipinski definition) is 8. The number of anilines is 2. The number of nitrogens with one attached hydrogen (secondary N) is 2. The second kappa shape index (κ2) is 9.07. The minimum Gasteiger partial charge on any atom is -0.504 e. The molecule has 0 fully saturated rings. The van der Waals surface area contributed by atoms with Gasteiger partial charge in [0, 0.05) is 35.8 Å². The molecule has 0 spiro atoms. The van der Waals surface area contributed by atoms with Crippen molar-refractivity contribution in [3.63, 3.8) is 0 Å². The average Bonchev–Trinajstić information content (AvgIpc) is 3.32. The van der Waals surface area contributed by atoms with Gasteiger partial charge in [-0.1, -0.05) is 12.1 Å². The van der Waals surface area contributed by atoms with Crippen LogP contribution >= 0.6 is 0 Å². The molecule has 0 amide bonds. The van der Waals surface area contributed by atoms with Crippen LogP contribution in [0.3, 0.4) is 0 Å². The number of fused-ring (bicyclic) bond motifs is 1. The van der Waals surface area contributed by atoms with Crippen molar-refractivity contribution in [2.75, 3.05) is 19.0 Å².